The van der Waals surface area contributed by atoms with Gasteiger partial charge < -0.3 is 14.2 Å². The van der Waals surface area contributed by atoms with Gasteiger partial charge >= 0.3 is 11.9 Å². The molecule has 0 aliphatic rings. The van der Waals surface area contributed by atoms with Crippen molar-refractivity contribution in [2.24, 2.45) is 0 Å². The topological polar surface area (TPSA) is 78.9 Å². The Balaban J connectivity index is 1.56. The molecule has 0 N–H and O–H groups in total. The monoisotopic (exact) mass is 390 g/mol. The predicted molar refractivity (Wildman–Crippen MR) is 105 cm³/mol. The van der Waals surface area contributed by atoms with Crippen LogP contribution in [0.3, 0.4) is 0 Å². The Hall–Kier alpha value is -3.93. The summed E-state index contributed by atoms with van der Waals surface area (Å²) in [6.07, 6.45) is 0. The highest BCUT2D eigenvalue weighted by Gasteiger charge is 2.13. The molecule has 0 fully saturated rings. The van der Waals surface area contributed by atoms with Gasteiger partial charge in [-0.25, -0.2) is 9.59 Å². The average molecular weight is 390 g/mol. The SMILES string of the molecule is COc1cccc(C(=O)OCC(=O)c2ccc(OC(=O)c3ccccc3)cc2)c1. The molecule has 3 aromatic rings. The number of benzene rings is 3. The Kier molecular flexibility index (Phi) is 6.37. The highest BCUT2D eigenvalue weighted by Crippen LogP contribution is 2.16. The quantitative estimate of drug-likeness (QED) is 0.345. The second-order valence-corrected chi connectivity index (χ2v) is 6.01. The zero-order valence-electron chi connectivity index (χ0n) is 15.7. The molecule has 0 heterocycles. The number of carbonyl (C=O) groups excluding carboxylic acids is 3. The van der Waals surface area contributed by atoms with Crippen molar-refractivity contribution in [1.29, 1.82) is 0 Å². The van der Waals surface area contributed by atoms with E-state index in [0.717, 1.165) is 0 Å². The minimum absolute atomic E-state index is 0.292. The van der Waals surface area contributed by atoms with Gasteiger partial charge in [-0.05, 0) is 54.6 Å². The first-order chi connectivity index (χ1) is 14.1. The number of rotatable bonds is 7. The Morgan fingerprint density at radius 2 is 1.38 bits per heavy atom. The first-order valence-electron chi connectivity index (χ1n) is 8.78. The van der Waals surface area contributed by atoms with E-state index in [9.17, 15) is 14.4 Å². The van der Waals surface area contributed by atoms with Crippen molar-refractivity contribution in [3.05, 3.63) is 95.6 Å². The van der Waals surface area contributed by atoms with E-state index in [4.69, 9.17) is 14.2 Å². The molecular formula is C23H18O6. The molecule has 29 heavy (non-hydrogen) atoms. The zero-order valence-corrected chi connectivity index (χ0v) is 15.7. The predicted octanol–water partition coefficient (Wildman–Crippen LogP) is 3.95. The van der Waals surface area contributed by atoms with Crippen LogP contribution in [-0.4, -0.2) is 31.4 Å². The normalized spacial score (nSPS) is 10.1. The third-order valence-corrected chi connectivity index (χ3v) is 4.04. The van der Waals surface area contributed by atoms with Crippen molar-refractivity contribution in [3.8, 4) is 11.5 Å². The van der Waals surface area contributed by atoms with Gasteiger partial charge in [-0.15, -0.1) is 0 Å². The minimum atomic E-state index is -0.620. The molecule has 0 aliphatic carbocycles. The molecule has 0 saturated carbocycles. The van der Waals surface area contributed by atoms with E-state index in [0.29, 0.717) is 28.2 Å². The minimum Gasteiger partial charge on any atom is -0.497 e. The van der Waals surface area contributed by atoms with Crippen molar-refractivity contribution in [3.63, 3.8) is 0 Å². The molecule has 3 aromatic carbocycles. The molecule has 6 heteroatoms. The van der Waals surface area contributed by atoms with Crippen molar-refractivity contribution < 1.29 is 28.6 Å². The fourth-order valence-electron chi connectivity index (χ4n) is 2.50. The molecular weight excluding hydrogens is 372 g/mol. The molecule has 0 saturated heterocycles. The van der Waals surface area contributed by atoms with Gasteiger partial charge in [0.25, 0.3) is 0 Å². The Labute approximate surface area is 167 Å². The molecule has 0 unspecified atom stereocenters. The van der Waals surface area contributed by atoms with Gasteiger partial charge in [0.2, 0.25) is 0 Å². The second-order valence-electron chi connectivity index (χ2n) is 6.01. The maximum atomic E-state index is 12.2. The van der Waals surface area contributed by atoms with E-state index in [1.165, 1.54) is 37.4 Å². The summed E-state index contributed by atoms with van der Waals surface area (Å²) >= 11 is 0. The first-order valence-corrected chi connectivity index (χ1v) is 8.78. The van der Waals surface area contributed by atoms with Crippen LogP contribution in [0.2, 0.25) is 0 Å². The van der Waals surface area contributed by atoms with E-state index in [1.54, 1.807) is 48.5 Å². The van der Waals surface area contributed by atoms with Crippen LogP contribution < -0.4 is 9.47 Å². The van der Waals surface area contributed by atoms with Crippen molar-refractivity contribution >= 4 is 17.7 Å². The van der Waals surface area contributed by atoms with Gasteiger partial charge in [0.1, 0.15) is 11.5 Å². The average Bonchev–Trinajstić information content (AvgIpc) is 2.78. The van der Waals surface area contributed by atoms with Crippen LogP contribution in [0, 0.1) is 0 Å². The summed E-state index contributed by atoms with van der Waals surface area (Å²) in [7, 11) is 1.49. The van der Waals surface area contributed by atoms with Crippen LogP contribution in [-0.2, 0) is 4.74 Å². The smallest absolute Gasteiger partial charge is 0.343 e. The van der Waals surface area contributed by atoms with Crippen LogP contribution >= 0.6 is 0 Å². The number of Topliss-reactive ketones (excluding diaryl/α,β-unsaturated/α-hetero) is 1. The van der Waals surface area contributed by atoms with Gasteiger partial charge in [-0.2, -0.15) is 0 Å². The molecule has 0 atom stereocenters. The Morgan fingerprint density at radius 3 is 2.07 bits per heavy atom. The molecule has 0 amide bonds. The molecule has 0 aromatic heterocycles. The van der Waals surface area contributed by atoms with E-state index in [1.807, 2.05) is 0 Å². The zero-order chi connectivity index (χ0) is 20.6. The largest absolute Gasteiger partial charge is 0.497 e. The molecule has 146 valence electrons. The number of hydrogen-bond acceptors (Lipinski definition) is 6. The van der Waals surface area contributed by atoms with Crippen LogP contribution in [0.25, 0.3) is 0 Å². The van der Waals surface area contributed by atoms with E-state index < -0.39 is 18.5 Å². The maximum absolute atomic E-state index is 12.2. The molecule has 6 nitrogen and oxygen atoms in total. The first kappa shape index (κ1) is 19.8. The van der Waals surface area contributed by atoms with Crippen molar-refractivity contribution in [1.82, 2.24) is 0 Å². The highest BCUT2D eigenvalue weighted by molar-refractivity contribution is 5.99. The summed E-state index contributed by atoms with van der Waals surface area (Å²) in [5.41, 5.74) is 1.06. The number of ether oxygens (including phenoxy) is 3. The summed E-state index contributed by atoms with van der Waals surface area (Å²) in [6.45, 7) is -0.404. The van der Waals surface area contributed by atoms with E-state index in [-0.39, 0.29) is 5.78 Å². The standard InChI is InChI=1S/C23H18O6/c1-27-20-9-5-8-18(14-20)22(25)28-15-21(24)16-10-12-19(13-11-16)29-23(26)17-6-3-2-4-7-17/h2-14H,15H2,1H3. The van der Waals surface area contributed by atoms with Gasteiger partial charge in [0, 0.05) is 5.56 Å². The summed E-state index contributed by atoms with van der Waals surface area (Å²) in [5.74, 6) is -0.653. The molecule has 0 spiro atoms. The number of methoxy groups -OCH3 is 1. The van der Waals surface area contributed by atoms with Crippen LogP contribution in [0.4, 0.5) is 0 Å². The van der Waals surface area contributed by atoms with E-state index in [2.05, 4.69) is 0 Å². The lowest BCUT2D eigenvalue weighted by molar-refractivity contribution is 0.0474. The maximum Gasteiger partial charge on any atom is 0.343 e. The molecule has 0 radical (unpaired) electrons. The Morgan fingerprint density at radius 1 is 0.690 bits per heavy atom. The van der Waals surface area contributed by atoms with Crippen LogP contribution in [0.5, 0.6) is 11.5 Å². The molecule has 3 rings (SSSR count). The third kappa shape index (κ3) is 5.29. The summed E-state index contributed by atoms with van der Waals surface area (Å²) < 4.78 is 15.4. The lowest BCUT2D eigenvalue weighted by Crippen LogP contribution is -2.14. The Bertz CT molecular complexity index is 1010. The lowest BCUT2D eigenvalue weighted by atomic mass is 10.1. The number of carbonyl (C=O) groups is 3. The lowest BCUT2D eigenvalue weighted by Gasteiger charge is -2.07. The van der Waals surface area contributed by atoms with Crippen molar-refractivity contribution in [2.45, 2.75) is 0 Å². The van der Waals surface area contributed by atoms with Gasteiger partial charge in [0.05, 0.1) is 18.2 Å². The van der Waals surface area contributed by atoms with Gasteiger partial charge in [-0.3, -0.25) is 4.79 Å². The number of hydrogen-bond donors (Lipinski definition) is 0. The number of ketones is 1. The summed E-state index contributed by atoms with van der Waals surface area (Å²) in [4.78, 5) is 36.4. The third-order valence-electron chi connectivity index (χ3n) is 4.04. The van der Waals surface area contributed by atoms with E-state index >= 15 is 0 Å². The van der Waals surface area contributed by atoms with Crippen LogP contribution in [0.1, 0.15) is 31.1 Å². The van der Waals surface area contributed by atoms with Crippen molar-refractivity contribution in [2.75, 3.05) is 13.7 Å². The van der Waals surface area contributed by atoms with Crippen LogP contribution in [0.15, 0.2) is 78.9 Å². The van der Waals surface area contributed by atoms with Gasteiger partial charge in [0.15, 0.2) is 12.4 Å². The second kappa shape index (κ2) is 9.32. The fourth-order valence-corrected chi connectivity index (χ4v) is 2.50. The van der Waals surface area contributed by atoms with Gasteiger partial charge in [-0.1, -0.05) is 24.3 Å². The fraction of sp³-hybridized carbons (Fsp3) is 0.0870. The number of esters is 2. The highest BCUT2D eigenvalue weighted by atomic mass is 16.5. The molecule has 0 bridgehead atoms. The summed E-state index contributed by atoms with van der Waals surface area (Å²) in [6, 6.07) is 21.1. The summed E-state index contributed by atoms with van der Waals surface area (Å²) in [5, 5.41) is 0. The molecule has 0 aliphatic heterocycles.